The Balaban J connectivity index is 2.22. The van der Waals surface area contributed by atoms with E-state index in [1.807, 2.05) is 24.3 Å². The Bertz CT molecular complexity index is 962. The molecule has 0 aliphatic rings. The number of hydrogen-bond acceptors (Lipinski definition) is 4. The zero-order chi connectivity index (χ0) is 16.4. The summed E-state index contributed by atoms with van der Waals surface area (Å²) in [6, 6.07) is 17.4. The SMILES string of the molecule is COc1ccccc1Nc1cccc2cccc(S(=O)(=O)O)c12. The molecule has 0 aliphatic carbocycles. The van der Waals surface area contributed by atoms with E-state index in [2.05, 4.69) is 5.32 Å². The normalized spacial score (nSPS) is 11.4. The third-order valence-electron chi connectivity index (χ3n) is 3.52. The van der Waals surface area contributed by atoms with E-state index in [1.165, 1.54) is 6.07 Å². The quantitative estimate of drug-likeness (QED) is 0.711. The van der Waals surface area contributed by atoms with Crippen molar-refractivity contribution < 1.29 is 17.7 Å². The molecule has 6 heteroatoms. The third-order valence-corrected chi connectivity index (χ3v) is 4.42. The van der Waals surface area contributed by atoms with Crippen LogP contribution in [0.2, 0.25) is 0 Å². The van der Waals surface area contributed by atoms with Gasteiger partial charge in [-0.1, -0.05) is 36.4 Å². The van der Waals surface area contributed by atoms with Crippen LogP contribution in [-0.2, 0) is 10.1 Å². The summed E-state index contributed by atoms with van der Waals surface area (Å²) >= 11 is 0. The minimum atomic E-state index is -4.33. The molecule has 3 rings (SSSR count). The lowest BCUT2D eigenvalue weighted by Crippen LogP contribution is -2.02. The molecule has 0 heterocycles. The highest BCUT2D eigenvalue weighted by molar-refractivity contribution is 7.86. The van der Waals surface area contributed by atoms with E-state index in [4.69, 9.17) is 4.74 Å². The number of para-hydroxylation sites is 2. The van der Waals surface area contributed by atoms with Crippen molar-refractivity contribution >= 4 is 32.3 Å². The van der Waals surface area contributed by atoms with Crippen LogP contribution < -0.4 is 10.1 Å². The maximum atomic E-state index is 11.7. The number of anilines is 2. The standard InChI is InChI=1S/C17H15NO4S/c1-22-15-10-3-2-8-13(15)18-14-9-4-6-12-7-5-11-16(17(12)14)23(19,20)21/h2-11,18H,1H3,(H,19,20,21). The first kappa shape index (κ1) is 15.3. The summed E-state index contributed by atoms with van der Waals surface area (Å²) < 4.78 is 38.2. The Morgan fingerprint density at radius 2 is 1.57 bits per heavy atom. The molecule has 0 atom stereocenters. The van der Waals surface area contributed by atoms with Crippen LogP contribution in [0.25, 0.3) is 10.8 Å². The summed E-state index contributed by atoms with van der Waals surface area (Å²) in [7, 11) is -2.77. The number of methoxy groups -OCH3 is 1. The number of fused-ring (bicyclic) bond motifs is 1. The van der Waals surface area contributed by atoms with Gasteiger partial charge in [0.15, 0.2) is 0 Å². The van der Waals surface area contributed by atoms with Crippen molar-refractivity contribution in [2.24, 2.45) is 0 Å². The topological polar surface area (TPSA) is 75.6 Å². The summed E-state index contributed by atoms with van der Waals surface area (Å²) in [4.78, 5) is -0.131. The van der Waals surface area contributed by atoms with Gasteiger partial charge in [-0.05, 0) is 29.7 Å². The Morgan fingerprint density at radius 3 is 2.26 bits per heavy atom. The van der Waals surface area contributed by atoms with E-state index in [9.17, 15) is 13.0 Å². The van der Waals surface area contributed by atoms with Crippen LogP contribution in [-0.4, -0.2) is 20.1 Å². The van der Waals surface area contributed by atoms with Crippen molar-refractivity contribution in [1.82, 2.24) is 0 Å². The van der Waals surface area contributed by atoms with Crippen molar-refractivity contribution in [2.75, 3.05) is 12.4 Å². The largest absolute Gasteiger partial charge is 0.495 e. The lowest BCUT2D eigenvalue weighted by atomic mass is 10.1. The second-order valence-corrected chi connectivity index (χ2v) is 6.35. The molecule has 2 N–H and O–H groups in total. The average Bonchev–Trinajstić information content (AvgIpc) is 2.54. The van der Waals surface area contributed by atoms with Crippen LogP contribution in [0.15, 0.2) is 65.6 Å². The van der Waals surface area contributed by atoms with E-state index >= 15 is 0 Å². The predicted molar refractivity (Wildman–Crippen MR) is 90.0 cm³/mol. The molecule has 5 nitrogen and oxygen atoms in total. The van der Waals surface area contributed by atoms with Crippen LogP contribution in [0.1, 0.15) is 0 Å². The smallest absolute Gasteiger partial charge is 0.295 e. The molecule has 0 unspecified atom stereocenters. The molecular weight excluding hydrogens is 314 g/mol. The van der Waals surface area contributed by atoms with Crippen LogP contribution >= 0.6 is 0 Å². The van der Waals surface area contributed by atoms with Crippen molar-refractivity contribution in [1.29, 1.82) is 0 Å². The first-order chi connectivity index (χ1) is 11.0. The summed E-state index contributed by atoms with van der Waals surface area (Å²) in [5.41, 5.74) is 1.27. The lowest BCUT2D eigenvalue weighted by molar-refractivity contribution is 0.417. The predicted octanol–water partition coefficient (Wildman–Crippen LogP) is 3.84. The fourth-order valence-electron chi connectivity index (χ4n) is 2.52. The highest BCUT2D eigenvalue weighted by Gasteiger charge is 2.17. The number of hydrogen-bond donors (Lipinski definition) is 2. The van der Waals surface area contributed by atoms with Crippen molar-refractivity contribution in [3.8, 4) is 5.75 Å². The Labute approximate surface area is 134 Å². The van der Waals surface area contributed by atoms with Gasteiger partial charge in [0.25, 0.3) is 10.1 Å². The molecule has 0 saturated heterocycles. The fraction of sp³-hybridized carbons (Fsp3) is 0.0588. The second kappa shape index (κ2) is 5.91. The first-order valence-corrected chi connectivity index (χ1v) is 8.34. The molecule has 0 bridgehead atoms. The van der Waals surface area contributed by atoms with Crippen molar-refractivity contribution in [3.05, 3.63) is 60.7 Å². The molecule has 0 aliphatic heterocycles. The van der Waals surface area contributed by atoms with Crippen LogP contribution in [0.4, 0.5) is 11.4 Å². The maximum Gasteiger partial charge on any atom is 0.295 e. The molecule has 0 aromatic heterocycles. The molecule has 0 fully saturated rings. The monoisotopic (exact) mass is 329 g/mol. The number of nitrogens with one attached hydrogen (secondary N) is 1. The fourth-order valence-corrected chi connectivity index (χ4v) is 3.25. The van der Waals surface area contributed by atoms with E-state index in [0.717, 1.165) is 0 Å². The van der Waals surface area contributed by atoms with E-state index in [0.29, 0.717) is 27.9 Å². The Hall–Kier alpha value is -2.57. The number of benzene rings is 3. The maximum absolute atomic E-state index is 11.7. The van der Waals surface area contributed by atoms with Crippen molar-refractivity contribution in [3.63, 3.8) is 0 Å². The van der Waals surface area contributed by atoms with Crippen molar-refractivity contribution in [2.45, 2.75) is 4.90 Å². The lowest BCUT2D eigenvalue weighted by Gasteiger charge is -2.14. The highest BCUT2D eigenvalue weighted by Crippen LogP contribution is 2.34. The van der Waals surface area contributed by atoms with Crippen LogP contribution in [0.3, 0.4) is 0 Å². The van der Waals surface area contributed by atoms with Gasteiger partial charge in [0.2, 0.25) is 0 Å². The Kier molecular flexibility index (Phi) is 3.94. The molecule has 0 saturated carbocycles. The minimum absolute atomic E-state index is 0.131. The molecule has 0 amide bonds. The van der Waals surface area contributed by atoms with E-state index in [-0.39, 0.29) is 4.90 Å². The number of rotatable bonds is 4. The molecule has 23 heavy (non-hydrogen) atoms. The average molecular weight is 329 g/mol. The molecule has 3 aromatic rings. The van der Waals surface area contributed by atoms with Crippen LogP contribution in [0.5, 0.6) is 5.75 Å². The second-order valence-electron chi connectivity index (χ2n) is 4.96. The molecule has 118 valence electrons. The highest BCUT2D eigenvalue weighted by atomic mass is 32.2. The molecule has 0 radical (unpaired) electrons. The third kappa shape index (κ3) is 2.99. The Morgan fingerprint density at radius 1 is 0.913 bits per heavy atom. The van der Waals surface area contributed by atoms with Crippen LogP contribution in [0, 0.1) is 0 Å². The zero-order valence-electron chi connectivity index (χ0n) is 12.4. The first-order valence-electron chi connectivity index (χ1n) is 6.90. The van der Waals surface area contributed by atoms with Gasteiger partial charge >= 0.3 is 0 Å². The van der Waals surface area contributed by atoms with E-state index in [1.54, 1.807) is 37.4 Å². The van der Waals surface area contributed by atoms with Gasteiger partial charge in [-0.25, -0.2) is 0 Å². The van der Waals surface area contributed by atoms with Gasteiger partial charge < -0.3 is 10.1 Å². The summed E-state index contributed by atoms with van der Waals surface area (Å²) in [5.74, 6) is 0.633. The molecule has 3 aromatic carbocycles. The summed E-state index contributed by atoms with van der Waals surface area (Å²) in [5, 5.41) is 4.32. The van der Waals surface area contributed by atoms with Gasteiger partial charge in [-0.2, -0.15) is 8.42 Å². The number of ether oxygens (including phenoxy) is 1. The summed E-state index contributed by atoms with van der Waals surface area (Å²) in [6.45, 7) is 0. The van der Waals surface area contributed by atoms with Gasteiger partial charge in [-0.3, -0.25) is 4.55 Å². The van der Waals surface area contributed by atoms with Gasteiger partial charge in [0, 0.05) is 11.1 Å². The minimum Gasteiger partial charge on any atom is -0.495 e. The van der Waals surface area contributed by atoms with Gasteiger partial charge in [0.1, 0.15) is 10.6 Å². The van der Waals surface area contributed by atoms with Gasteiger partial charge in [-0.15, -0.1) is 0 Å². The van der Waals surface area contributed by atoms with Gasteiger partial charge in [0.05, 0.1) is 12.8 Å². The zero-order valence-corrected chi connectivity index (χ0v) is 13.2. The summed E-state index contributed by atoms with van der Waals surface area (Å²) in [6.07, 6.45) is 0. The molecular formula is C17H15NO4S. The molecule has 0 spiro atoms. The van der Waals surface area contributed by atoms with E-state index < -0.39 is 10.1 Å².